The number of hydrogen-bond donors (Lipinski definition) is 0. The van der Waals surface area contributed by atoms with E-state index in [9.17, 15) is 0 Å². The van der Waals surface area contributed by atoms with Crippen LogP contribution < -0.4 is 0 Å². The molecule has 1 aromatic heterocycles. The molecular formula is C25H23ClN2. The first-order valence-corrected chi connectivity index (χ1v) is 10.4. The normalized spacial score (nSPS) is 14.5. The van der Waals surface area contributed by atoms with Crippen LogP contribution in [0, 0.1) is 0 Å². The SMILES string of the molecule is CCCN1CCc2c(c(-c3ccc(Cl)cc3)nc3ccc4ccccc4c23)C1. The standard InChI is InChI=1S/C25H23ClN2/c1-2-14-28-15-13-21-22(16-28)25(18-7-10-19(26)11-8-18)27-23-12-9-17-5-3-4-6-20(17)24(21)23/h3-12H,2,13-16H2,1H3. The van der Waals surface area contributed by atoms with Gasteiger partial charge < -0.3 is 0 Å². The van der Waals surface area contributed by atoms with Crippen molar-refractivity contribution in [2.45, 2.75) is 26.3 Å². The van der Waals surface area contributed by atoms with Crippen LogP contribution in [-0.2, 0) is 13.0 Å². The third-order valence-electron chi connectivity index (χ3n) is 5.81. The molecule has 0 saturated carbocycles. The predicted octanol–water partition coefficient (Wildman–Crippen LogP) is 6.48. The molecule has 3 heteroatoms. The van der Waals surface area contributed by atoms with Crippen LogP contribution in [0.5, 0.6) is 0 Å². The molecule has 0 N–H and O–H groups in total. The second-order valence-corrected chi connectivity index (χ2v) is 8.07. The van der Waals surface area contributed by atoms with Gasteiger partial charge in [0.15, 0.2) is 0 Å². The zero-order valence-corrected chi connectivity index (χ0v) is 16.8. The summed E-state index contributed by atoms with van der Waals surface area (Å²) in [5, 5.41) is 4.70. The summed E-state index contributed by atoms with van der Waals surface area (Å²) in [6.07, 6.45) is 2.25. The first kappa shape index (κ1) is 17.7. The molecule has 3 aromatic carbocycles. The lowest BCUT2D eigenvalue weighted by molar-refractivity contribution is 0.255. The minimum absolute atomic E-state index is 0.761. The molecule has 0 unspecified atom stereocenters. The van der Waals surface area contributed by atoms with E-state index < -0.39 is 0 Å². The predicted molar refractivity (Wildman–Crippen MR) is 119 cm³/mol. The molecule has 5 rings (SSSR count). The summed E-state index contributed by atoms with van der Waals surface area (Å²) in [7, 11) is 0. The maximum Gasteiger partial charge on any atom is 0.0757 e. The van der Waals surface area contributed by atoms with Crippen LogP contribution in [0.1, 0.15) is 24.5 Å². The van der Waals surface area contributed by atoms with E-state index in [2.05, 4.69) is 60.4 Å². The van der Waals surface area contributed by atoms with E-state index in [1.54, 1.807) is 0 Å². The lowest BCUT2D eigenvalue weighted by Gasteiger charge is -2.31. The Kier molecular flexibility index (Phi) is 4.54. The fourth-order valence-electron chi connectivity index (χ4n) is 4.52. The van der Waals surface area contributed by atoms with Crippen LogP contribution in [0.4, 0.5) is 0 Å². The van der Waals surface area contributed by atoms with Gasteiger partial charge in [0.2, 0.25) is 0 Å². The Morgan fingerprint density at radius 1 is 0.964 bits per heavy atom. The summed E-state index contributed by atoms with van der Waals surface area (Å²) in [5.41, 5.74) is 6.20. The van der Waals surface area contributed by atoms with Crippen molar-refractivity contribution in [1.29, 1.82) is 0 Å². The van der Waals surface area contributed by atoms with Crippen molar-refractivity contribution in [3.63, 3.8) is 0 Å². The zero-order valence-electron chi connectivity index (χ0n) is 16.1. The molecule has 1 aliphatic heterocycles. The third kappa shape index (κ3) is 2.97. The largest absolute Gasteiger partial charge is 0.299 e. The van der Waals surface area contributed by atoms with E-state index in [0.29, 0.717) is 0 Å². The lowest BCUT2D eigenvalue weighted by Crippen LogP contribution is -2.32. The molecule has 28 heavy (non-hydrogen) atoms. The van der Waals surface area contributed by atoms with Crippen LogP contribution >= 0.6 is 11.6 Å². The Labute approximate surface area is 170 Å². The quantitative estimate of drug-likeness (QED) is 0.375. The van der Waals surface area contributed by atoms with Gasteiger partial charge in [0.25, 0.3) is 0 Å². The van der Waals surface area contributed by atoms with Crippen LogP contribution in [0.2, 0.25) is 5.02 Å². The lowest BCUT2D eigenvalue weighted by atomic mass is 9.89. The van der Waals surface area contributed by atoms with Crippen LogP contribution in [0.3, 0.4) is 0 Å². The van der Waals surface area contributed by atoms with Gasteiger partial charge in [-0.1, -0.05) is 61.0 Å². The molecule has 1 aliphatic rings. The number of halogens is 1. The van der Waals surface area contributed by atoms with E-state index >= 15 is 0 Å². The van der Waals surface area contributed by atoms with Gasteiger partial charge in [-0.2, -0.15) is 0 Å². The number of rotatable bonds is 3. The van der Waals surface area contributed by atoms with Crippen molar-refractivity contribution in [3.05, 3.63) is 76.8 Å². The molecule has 0 atom stereocenters. The molecule has 0 saturated heterocycles. The minimum Gasteiger partial charge on any atom is -0.299 e. The fourth-order valence-corrected chi connectivity index (χ4v) is 4.65. The van der Waals surface area contributed by atoms with E-state index in [0.717, 1.165) is 47.9 Å². The molecule has 0 aliphatic carbocycles. The highest BCUT2D eigenvalue weighted by molar-refractivity contribution is 6.30. The van der Waals surface area contributed by atoms with Crippen LogP contribution in [0.25, 0.3) is 32.9 Å². The molecule has 4 aromatic rings. The first-order valence-electron chi connectivity index (χ1n) is 10.1. The molecule has 140 valence electrons. The summed E-state index contributed by atoms with van der Waals surface area (Å²) < 4.78 is 0. The van der Waals surface area contributed by atoms with E-state index in [1.807, 2.05) is 12.1 Å². The molecule has 0 bridgehead atoms. The van der Waals surface area contributed by atoms with Gasteiger partial charge in [-0.15, -0.1) is 0 Å². The van der Waals surface area contributed by atoms with Gasteiger partial charge in [-0.25, -0.2) is 4.98 Å². The van der Waals surface area contributed by atoms with Crippen molar-refractivity contribution in [2.24, 2.45) is 0 Å². The highest BCUT2D eigenvalue weighted by atomic mass is 35.5. The van der Waals surface area contributed by atoms with Gasteiger partial charge in [-0.05, 0) is 59.5 Å². The van der Waals surface area contributed by atoms with Gasteiger partial charge in [-0.3, -0.25) is 4.90 Å². The number of pyridine rings is 1. The van der Waals surface area contributed by atoms with E-state index in [-0.39, 0.29) is 0 Å². The van der Waals surface area contributed by atoms with E-state index in [4.69, 9.17) is 16.6 Å². The van der Waals surface area contributed by atoms with Crippen molar-refractivity contribution in [1.82, 2.24) is 9.88 Å². The Bertz CT molecular complexity index is 1160. The highest BCUT2D eigenvalue weighted by Crippen LogP contribution is 2.37. The third-order valence-corrected chi connectivity index (χ3v) is 6.06. The minimum atomic E-state index is 0.761. The van der Waals surface area contributed by atoms with Gasteiger partial charge in [0, 0.05) is 29.1 Å². The van der Waals surface area contributed by atoms with Crippen molar-refractivity contribution >= 4 is 33.3 Å². The summed E-state index contributed by atoms with van der Waals surface area (Å²) in [6, 6.07) is 21.1. The maximum absolute atomic E-state index is 6.14. The topological polar surface area (TPSA) is 16.1 Å². The van der Waals surface area contributed by atoms with Crippen molar-refractivity contribution in [3.8, 4) is 11.3 Å². The van der Waals surface area contributed by atoms with Crippen molar-refractivity contribution in [2.75, 3.05) is 13.1 Å². The average molecular weight is 387 g/mol. The second kappa shape index (κ2) is 7.20. The average Bonchev–Trinajstić information content (AvgIpc) is 2.73. The Hall–Kier alpha value is -2.42. The molecule has 2 heterocycles. The van der Waals surface area contributed by atoms with E-state index in [1.165, 1.54) is 33.7 Å². The summed E-state index contributed by atoms with van der Waals surface area (Å²) in [4.78, 5) is 7.72. The number of fused-ring (bicyclic) bond motifs is 5. The number of aromatic nitrogens is 1. The smallest absolute Gasteiger partial charge is 0.0757 e. The summed E-state index contributed by atoms with van der Waals surface area (Å²) in [6.45, 7) is 5.46. The zero-order chi connectivity index (χ0) is 19.1. The number of benzene rings is 3. The van der Waals surface area contributed by atoms with Gasteiger partial charge >= 0.3 is 0 Å². The molecule has 0 spiro atoms. The molecule has 0 radical (unpaired) electrons. The summed E-state index contributed by atoms with van der Waals surface area (Å²) in [5.74, 6) is 0. The Morgan fingerprint density at radius 3 is 2.61 bits per heavy atom. The monoisotopic (exact) mass is 386 g/mol. The van der Waals surface area contributed by atoms with Gasteiger partial charge in [0.05, 0.1) is 11.2 Å². The Balaban J connectivity index is 1.81. The molecule has 0 fully saturated rings. The molecule has 0 amide bonds. The van der Waals surface area contributed by atoms with Gasteiger partial charge in [0.1, 0.15) is 0 Å². The van der Waals surface area contributed by atoms with Crippen LogP contribution in [0.15, 0.2) is 60.7 Å². The molecule has 2 nitrogen and oxygen atoms in total. The second-order valence-electron chi connectivity index (χ2n) is 7.63. The maximum atomic E-state index is 6.14. The first-order chi connectivity index (χ1) is 13.7. The highest BCUT2D eigenvalue weighted by Gasteiger charge is 2.24. The molecular weight excluding hydrogens is 364 g/mol. The van der Waals surface area contributed by atoms with Crippen LogP contribution in [-0.4, -0.2) is 23.0 Å². The Morgan fingerprint density at radius 2 is 1.79 bits per heavy atom. The number of nitrogens with zero attached hydrogens (tertiary/aromatic N) is 2. The van der Waals surface area contributed by atoms with Crippen molar-refractivity contribution < 1.29 is 0 Å². The fraction of sp³-hybridized carbons (Fsp3) is 0.240. The number of hydrogen-bond acceptors (Lipinski definition) is 2. The summed E-state index contributed by atoms with van der Waals surface area (Å²) >= 11 is 6.14.